The van der Waals surface area contributed by atoms with E-state index in [1.165, 1.54) is 47.5 Å². The Morgan fingerprint density at radius 2 is 1.19 bits per heavy atom. The van der Waals surface area contributed by atoms with Crippen LogP contribution in [0.4, 0.5) is 32.1 Å². The number of benzene rings is 3. The zero-order valence-electron chi connectivity index (χ0n) is 44.4. The normalized spacial score (nSPS) is 16.4. The van der Waals surface area contributed by atoms with Gasteiger partial charge in [-0.05, 0) is 95.7 Å². The third-order valence-electron chi connectivity index (χ3n) is 13.6. The number of hydrogen-bond donors (Lipinski definition) is 4. The van der Waals surface area contributed by atoms with E-state index in [0.29, 0.717) is 108 Å². The van der Waals surface area contributed by atoms with Crippen molar-refractivity contribution < 1.29 is 42.8 Å². The van der Waals surface area contributed by atoms with Gasteiger partial charge in [-0.15, -0.1) is 10.2 Å². The molecule has 0 spiro atoms. The number of amides is 2. The maximum atomic E-state index is 14.9. The van der Waals surface area contributed by atoms with Crippen molar-refractivity contribution >= 4 is 68.2 Å². The van der Waals surface area contributed by atoms with Crippen LogP contribution in [0.2, 0.25) is 0 Å². The molecule has 5 N–H and O–H groups in total. The summed E-state index contributed by atoms with van der Waals surface area (Å²) in [6.45, 7) is 10.9. The molecule has 3 aromatic carbocycles. The largest absolute Gasteiger partial charge is 0.497 e. The number of rotatable bonds is 14. The number of nitrogens with two attached hydrogens (primary N) is 1. The molecule has 8 heterocycles. The number of anilines is 4. The molecule has 2 unspecified atom stereocenters. The smallest absolute Gasteiger partial charge is 0.237 e. The Labute approximate surface area is 445 Å². The van der Waals surface area contributed by atoms with Crippen LogP contribution in [0.3, 0.4) is 0 Å². The molecule has 6 aromatic heterocycles. The molecule has 2 fully saturated rings. The minimum absolute atomic E-state index is 0.0479. The second-order valence-electron chi connectivity index (χ2n) is 20.8. The second-order valence-corrected chi connectivity index (χ2v) is 20.8. The second kappa shape index (κ2) is 20.8. The fourth-order valence-corrected chi connectivity index (χ4v) is 9.86. The van der Waals surface area contributed by atoms with Crippen LogP contribution in [-0.2, 0) is 29.2 Å². The molecule has 2 amide bonds. The van der Waals surface area contributed by atoms with Crippen molar-refractivity contribution in [1.82, 2.24) is 58.7 Å². The van der Waals surface area contributed by atoms with Crippen LogP contribution in [0.25, 0.3) is 33.1 Å². The maximum Gasteiger partial charge on any atom is 0.237 e. The highest BCUT2D eigenvalue weighted by atomic mass is 19.1. The van der Waals surface area contributed by atoms with Gasteiger partial charge in [-0.1, -0.05) is 6.07 Å². The molecule has 408 valence electrons. The molecule has 2 atom stereocenters. The predicted molar refractivity (Wildman–Crippen MR) is 285 cm³/mol. The highest BCUT2D eigenvalue weighted by molar-refractivity contribution is 6.00. The van der Waals surface area contributed by atoms with E-state index in [2.05, 4.69) is 30.6 Å². The van der Waals surface area contributed by atoms with E-state index in [4.69, 9.17) is 35.0 Å². The van der Waals surface area contributed by atoms with E-state index < -0.39 is 34.7 Å². The van der Waals surface area contributed by atoms with Crippen molar-refractivity contribution in [2.24, 2.45) is 0 Å². The summed E-state index contributed by atoms with van der Waals surface area (Å²) in [6, 6.07) is 11.4. The highest BCUT2D eigenvalue weighted by Crippen LogP contribution is 2.35. The third-order valence-corrected chi connectivity index (χ3v) is 13.6. The van der Waals surface area contributed by atoms with Gasteiger partial charge in [-0.25, -0.2) is 28.7 Å². The van der Waals surface area contributed by atoms with Gasteiger partial charge in [0.2, 0.25) is 23.7 Å². The molecule has 0 radical (unpaired) electrons. The number of fused-ring (bicyclic) bond motifs is 6. The topological polar surface area (TPSA) is 269 Å². The lowest BCUT2D eigenvalue weighted by atomic mass is 9.96. The number of aliphatic hydroxyl groups is 2. The molecule has 0 saturated carbocycles. The quantitative estimate of drug-likeness (QED) is 0.0955. The van der Waals surface area contributed by atoms with Gasteiger partial charge in [0, 0.05) is 54.9 Å². The Balaban J connectivity index is 0.000000182. The van der Waals surface area contributed by atoms with E-state index in [-0.39, 0.29) is 29.3 Å². The van der Waals surface area contributed by atoms with Crippen LogP contribution < -0.4 is 35.1 Å². The van der Waals surface area contributed by atoms with Crippen LogP contribution in [-0.4, -0.2) is 126 Å². The van der Waals surface area contributed by atoms with Crippen molar-refractivity contribution in [3.8, 4) is 17.2 Å². The Hall–Kier alpha value is -8.58. The van der Waals surface area contributed by atoms with Crippen molar-refractivity contribution in [2.45, 2.75) is 103 Å². The predicted octanol–water partition coefficient (Wildman–Crippen LogP) is 6.12. The first kappa shape index (κ1) is 52.8. The molecule has 78 heavy (non-hydrogen) atoms. The molecule has 0 bridgehead atoms. The SMILES string of the molecule is COc1cc2nc(N)n3nc(C4CCCN(c5cnn(CC(C)(C)O)c5)C4=O)nc3c2cc1F.COc1ccc(CNc2nc3cc(OC)c(F)cc3c3nc(C4CCCN(c5cnn(CC(C)(C)O)c5)C4=O)nn23)c(C)c1. The number of hydrogen-bond acceptors (Lipinski definition) is 17. The average molecular weight is 1070 g/mol. The fraction of sp³-hybridized carbons (Fsp3) is 0.396. The van der Waals surface area contributed by atoms with Gasteiger partial charge in [0.15, 0.2) is 46.1 Å². The summed E-state index contributed by atoms with van der Waals surface area (Å²) in [5.41, 5.74) is 9.15. The molecule has 0 aliphatic carbocycles. The molecular formula is C53H60F2N16O7. The number of piperidine rings is 2. The minimum atomic E-state index is -0.948. The number of ether oxygens (including phenoxy) is 3. The molecule has 9 aromatic rings. The summed E-state index contributed by atoms with van der Waals surface area (Å²) in [4.78, 5) is 49.0. The molecule has 11 rings (SSSR count). The molecule has 2 saturated heterocycles. The molecule has 2 aliphatic rings. The van der Waals surface area contributed by atoms with Gasteiger partial charge in [0.05, 0.1) is 80.4 Å². The highest BCUT2D eigenvalue weighted by Gasteiger charge is 2.37. The summed E-state index contributed by atoms with van der Waals surface area (Å²) >= 11 is 0. The van der Waals surface area contributed by atoms with Crippen LogP contribution in [0, 0.1) is 18.6 Å². The van der Waals surface area contributed by atoms with Gasteiger partial charge in [0.25, 0.3) is 0 Å². The number of methoxy groups -OCH3 is 3. The molecular weight excluding hydrogens is 1010 g/mol. The average Bonchev–Trinajstić information content (AvgIpc) is 4.24. The zero-order valence-corrected chi connectivity index (χ0v) is 44.4. The Morgan fingerprint density at radius 1 is 0.692 bits per heavy atom. The number of carbonyl (C=O) groups is 2. The lowest BCUT2D eigenvalue weighted by molar-refractivity contribution is -0.122. The molecule has 25 heteroatoms. The lowest BCUT2D eigenvalue weighted by Crippen LogP contribution is -2.40. The Morgan fingerprint density at radius 3 is 1.68 bits per heavy atom. The van der Waals surface area contributed by atoms with E-state index in [0.717, 1.165) is 29.7 Å². The number of nitrogens with zero attached hydrogens (tertiary/aromatic N) is 14. The zero-order chi connectivity index (χ0) is 55.4. The first-order valence-electron chi connectivity index (χ1n) is 25.3. The number of aromatic nitrogens is 12. The van der Waals surface area contributed by atoms with Gasteiger partial charge in [0.1, 0.15) is 17.6 Å². The van der Waals surface area contributed by atoms with E-state index in [1.807, 2.05) is 25.1 Å². The first-order valence-corrected chi connectivity index (χ1v) is 25.3. The number of aryl methyl sites for hydroxylation is 1. The van der Waals surface area contributed by atoms with E-state index in [1.54, 1.807) is 78.8 Å². The van der Waals surface area contributed by atoms with Crippen molar-refractivity contribution in [3.05, 3.63) is 102 Å². The summed E-state index contributed by atoms with van der Waals surface area (Å²) < 4.78 is 50.9. The van der Waals surface area contributed by atoms with Gasteiger partial charge in [-0.2, -0.15) is 19.2 Å². The number of nitrogens with one attached hydrogen (secondary N) is 1. The number of nitrogen functional groups attached to an aromatic ring is 1. The number of halogens is 2. The van der Waals surface area contributed by atoms with Crippen LogP contribution in [0.15, 0.2) is 67.3 Å². The standard InChI is InChI=1S/C31H35FN8O4.C22H25FN8O3/c1-18-11-21(43-4)9-8-19(18)14-33-30-35-25-13-26(44-5)24(32)12-23(25)28-36-27(37-40(28)30)22-7-6-10-39(29(22)41)20-15-34-38(16-20)17-31(2,3)42;1-22(2,33)11-29-10-12(9-25-29)30-6-4-5-13(20(30)32)18-27-19-14-7-15(23)17(34-3)8-16(14)26-21(24)31(19)28-18/h8-9,11-13,15-16,22,42H,6-7,10,14,17H2,1-5H3,(H,33,35);7-10,13,33H,4-6,11H2,1-3H3,(H2,24,26). The van der Waals surface area contributed by atoms with E-state index >= 15 is 0 Å². The Kier molecular flexibility index (Phi) is 14.1. The Bertz CT molecular complexity index is 3750. The van der Waals surface area contributed by atoms with Crippen molar-refractivity contribution in [3.63, 3.8) is 0 Å². The van der Waals surface area contributed by atoms with Gasteiger partial charge >= 0.3 is 0 Å². The summed E-state index contributed by atoms with van der Waals surface area (Å²) in [5, 5.41) is 42.2. The molecule has 2 aliphatic heterocycles. The summed E-state index contributed by atoms with van der Waals surface area (Å²) in [6.07, 6.45) is 9.32. The van der Waals surface area contributed by atoms with Crippen LogP contribution in [0.1, 0.15) is 88.0 Å². The van der Waals surface area contributed by atoms with Crippen LogP contribution >= 0.6 is 0 Å². The summed E-state index contributed by atoms with van der Waals surface area (Å²) in [7, 11) is 4.40. The van der Waals surface area contributed by atoms with Crippen molar-refractivity contribution in [1.29, 1.82) is 0 Å². The minimum Gasteiger partial charge on any atom is -0.497 e. The number of carbonyl (C=O) groups excluding carboxylic acids is 2. The summed E-state index contributed by atoms with van der Waals surface area (Å²) in [5.74, 6) is -0.650. The maximum absolute atomic E-state index is 14.9. The van der Waals surface area contributed by atoms with Crippen LogP contribution in [0.5, 0.6) is 17.2 Å². The van der Waals surface area contributed by atoms with Crippen molar-refractivity contribution in [2.75, 3.05) is 55.3 Å². The first-order chi connectivity index (χ1) is 37.2. The fourth-order valence-electron chi connectivity index (χ4n) is 9.86. The van der Waals surface area contributed by atoms with Gasteiger partial charge < -0.3 is 45.3 Å². The van der Waals surface area contributed by atoms with E-state index in [9.17, 15) is 28.6 Å². The van der Waals surface area contributed by atoms with Gasteiger partial charge in [-0.3, -0.25) is 19.0 Å². The monoisotopic (exact) mass is 1070 g/mol. The molecule has 23 nitrogen and oxygen atoms in total. The third kappa shape index (κ3) is 10.6. The lowest BCUT2D eigenvalue weighted by Gasteiger charge is -2.30.